The number of carboxylic acid groups (broad SMARTS) is 1. The molecule has 2 aromatic rings. The quantitative estimate of drug-likeness (QED) is 0.429. The summed E-state index contributed by atoms with van der Waals surface area (Å²) >= 11 is 0. The minimum atomic E-state index is -1.09. The number of aromatic carboxylic acids is 1. The van der Waals surface area contributed by atoms with E-state index in [9.17, 15) is 24.0 Å². The van der Waals surface area contributed by atoms with Crippen molar-refractivity contribution in [3.8, 4) is 5.75 Å². The third-order valence-electron chi connectivity index (χ3n) is 8.93. The van der Waals surface area contributed by atoms with Gasteiger partial charge in [0.15, 0.2) is 11.5 Å². The van der Waals surface area contributed by atoms with Crippen LogP contribution in [0, 0.1) is 11.8 Å². The normalized spacial score (nSPS) is 26.1. The van der Waals surface area contributed by atoms with E-state index in [1.54, 1.807) is 24.3 Å². The van der Waals surface area contributed by atoms with Crippen molar-refractivity contribution in [1.82, 2.24) is 25.3 Å². The maximum absolute atomic E-state index is 13.1. The van der Waals surface area contributed by atoms with Gasteiger partial charge in [-0.15, -0.1) is 10.2 Å². The Hall–Kier alpha value is -4.39. The maximum atomic E-state index is 13.1. The number of likely N-dealkylation sites (tertiary alicyclic amines) is 1. The number of amides is 4. The molecule has 43 heavy (non-hydrogen) atoms. The number of nitrogens with one attached hydrogen (secondary N) is 1. The van der Waals surface area contributed by atoms with Gasteiger partial charge in [-0.2, -0.15) is 0 Å². The molecule has 0 aliphatic carbocycles. The maximum Gasteiger partial charge on any atom is 0.356 e. The fraction of sp³-hybridized carbons (Fsp3) is 0.500. The van der Waals surface area contributed by atoms with Crippen molar-refractivity contribution in [2.75, 3.05) is 37.7 Å². The number of hydrogen-bond acceptors (Lipinski definition) is 10. The summed E-state index contributed by atoms with van der Waals surface area (Å²) in [5.74, 6) is -1.10. The van der Waals surface area contributed by atoms with Crippen molar-refractivity contribution in [3.63, 3.8) is 0 Å². The van der Waals surface area contributed by atoms with Crippen LogP contribution in [0.3, 0.4) is 0 Å². The Labute approximate surface area is 248 Å². The van der Waals surface area contributed by atoms with Crippen molar-refractivity contribution < 1.29 is 33.8 Å². The van der Waals surface area contributed by atoms with E-state index in [-0.39, 0.29) is 35.7 Å². The van der Waals surface area contributed by atoms with Gasteiger partial charge < -0.3 is 19.6 Å². The number of carbonyl (C=O) groups is 5. The molecule has 4 amide bonds. The molecule has 2 N–H and O–H groups in total. The van der Waals surface area contributed by atoms with E-state index in [1.807, 2.05) is 0 Å². The molecule has 4 aliphatic heterocycles. The Kier molecular flexibility index (Phi) is 7.82. The van der Waals surface area contributed by atoms with Crippen LogP contribution in [-0.4, -0.2) is 99.6 Å². The minimum Gasteiger partial charge on any atom is -0.493 e. The minimum absolute atomic E-state index is 0.0601. The molecule has 0 bridgehead atoms. The lowest BCUT2D eigenvalue weighted by atomic mass is 9.91. The van der Waals surface area contributed by atoms with Gasteiger partial charge in [-0.1, -0.05) is 0 Å². The van der Waals surface area contributed by atoms with Crippen LogP contribution in [0.5, 0.6) is 5.75 Å². The number of benzene rings is 1. The number of anilines is 1. The molecule has 0 spiro atoms. The first-order chi connectivity index (χ1) is 20.7. The zero-order valence-corrected chi connectivity index (χ0v) is 23.9. The number of fused-ring (bicyclic) bond motifs is 1. The number of hydrogen-bond donors (Lipinski definition) is 2. The molecule has 226 valence electrons. The van der Waals surface area contributed by atoms with Crippen molar-refractivity contribution in [2.24, 2.45) is 11.8 Å². The molecule has 1 aromatic heterocycles. The molecule has 0 saturated carbocycles. The number of imide groups is 2. The summed E-state index contributed by atoms with van der Waals surface area (Å²) in [6, 6.07) is 7.31. The summed E-state index contributed by atoms with van der Waals surface area (Å²) in [4.78, 5) is 66.5. The fourth-order valence-corrected chi connectivity index (χ4v) is 6.70. The van der Waals surface area contributed by atoms with Gasteiger partial charge in [-0.25, -0.2) is 4.79 Å². The second-order valence-electron chi connectivity index (χ2n) is 11.9. The topological polar surface area (TPSA) is 162 Å². The van der Waals surface area contributed by atoms with E-state index in [4.69, 9.17) is 9.84 Å². The van der Waals surface area contributed by atoms with Crippen molar-refractivity contribution in [2.45, 2.75) is 51.1 Å². The highest BCUT2D eigenvalue weighted by Gasteiger charge is 2.44. The number of ether oxygens (including phenoxy) is 1. The van der Waals surface area contributed by atoms with Gasteiger partial charge in [0.25, 0.3) is 11.8 Å². The van der Waals surface area contributed by atoms with Gasteiger partial charge in [0.1, 0.15) is 11.8 Å². The summed E-state index contributed by atoms with van der Waals surface area (Å²) in [5.41, 5.74) is 0.387. The lowest BCUT2D eigenvalue weighted by molar-refractivity contribution is -0.136. The molecular weight excluding hydrogens is 556 g/mol. The van der Waals surface area contributed by atoms with Gasteiger partial charge in [-0.05, 0) is 75.4 Å². The average molecular weight is 591 g/mol. The smallest absolute Gasteiger partial charge is 0.356 e. The van der Waals surface area contributed by atoms with Crippen molar-refractivity contribution in [3.05, 3.63) is 47.2 Å². The lowest BCUT2D eigenvalue weighted by Crippen LogP contribution is -2.54. The van der Waals surface area contributed by atoms with Gasteiger partial charge in [-0.3, -0.25) is 29.4 Å². The molecule has 3 saturated heterocycles. The van der Waals surface area contributed by atoms with Crippen LogP contribution in [0.25, 0.3) is 0 Å². The standard InChI is InChI=1S/C30H34N6O7/c1-17-12-18(9-11-35(17)25-6-4-23(30(41)42)32-33-25)14-34-10-8-19(15-34)16-43-20-2-3-21-22(13-20)29(40)36(28(21)39)24-5-7-26(37)31-27(24)38/h2-4,6,13,17-19,24H,5,7-12,14-16H2,1H3,(H,41,42)(H,31,37,38)/t17-,18-,19+,24?/m0/s1. The van der Waals surface area contributed by atoms with E-state index in [2.05, 4.69) is 32.2 Å². The largest absolute Gasteiger partial charge is 0.493 e. The number of rotatable bonds is 8. The first-order valence-electron chi connectivity index (χ1n) is 14.7. The number of carbonyl (C=O) groups excluding carboxylic acids is 4. The van der Waals surface area contributed by atoms with Gasteiger partial charge >= 0.3 is 5.97 Å². The van der Waals surface area contributed by atoms with Crippen LogP contribution in [0.1, 0.15) is 70.2 Å². The number of aromatic nitrogens is 2. The Bertz CT molecular complexity index is 1460. The second-order valence-corrected chi connectivity index (χ2v) is 11.9. The Balaban J connectivity index is 0.983. The van der Waals surface area contributed by atoms with Gasteiger partial charge in [0.05, 0.1) is 17.7 Å². The molecule has 1 unspecified atom stereocenters. The Morgan fingerprint density at radius 2 is 1.79 bits per heavy atom. The summed E-state index contributed by atoms with van der Waals surface area (Å²) < 4.78 is 6.07. The highest BCUT2D eigenvalue weighted by Crippen LogP contribution is 2.32. The van der Waals surface area contributed by atoms with Crippen LogP contribution >= 0.6 is 0 Å². The molecule has 5 heterocycles. The summed E-state index contributed by atoms with van der Waals surface area (Å²) in [7, 11) is 0. The molecule has 4 aliphatic rings. The van der Waals surface area contributed by atoms with E-state index in [1.165, 1.54) is 6.07 Å². The van der Waals surface area contributed by atoms with Crippen LogP contribution in [0.2, 0.25) is 0 Å². The van der Waals surface area contributed by atoms with E-state index in [0.29, 0.717) is 30.0 Å². The monoisotopic (exact) mass is 590 g/mol. The third-order valence-corrected chi connectivity index (χ3v) is 8.93. The highest BCUT2D eigenvalue weighted by atomic mass is 16.5. The summed E-state index contributed by atoms with van der Waals surface area (Å²) in [6.07, 6.45) is 3.23. The number of carboxylic acids is 1. The van der Waals surface area contributed by atoms with E-state index in [0.717, 1.165) is 50.3 Å². The van der Waals surface area contributed by atoms with Crippen LogP contribution < -0.4 is 15.0 Å². The average Bonchev–Trinajstić information content (AvgIpc) is 3.53. The predicted molar refractivity (Wildman–Crippen MR) is 152 cm³/mol. The molecule has 6 rings (SSSR count). The zero-order valence-electron chi connectivity index (χ0n) is 23.9. The molecule has 13 heteroatoms. The molecule has 4 atom stereocenters. The van der Waals surface area contributed by atoms with E-state index >= 15 is 0 Å². The highest BCUT2D eigenvalue weighted by molar-refractivity contribution is 6.23. The molecule has 0 radical (unpaired) electrons. The Morgan fingerprint density at radius 3 is 2.51 bits per heavy atom. The first kappa shape index (κ1) is 28.7. The van der Waals surface area contributed by atoms with Crippen LogP contribution in [-0.2, 0) is 9.59 Å². The molecular formula is C30H34N6O7. The molecule has 3 fully saturated rings. The number of nitrogens with zero attached hydrogens (tertiary/aromatic N) is 5. The third kappa shape index (κ3) is 5.81. The Morgan fingerprint density at radius 1 is 1.00 bits per heavy atom. The predicted octanol–water partition coefficient (Wildman–Crippen LogP) is 1.58. The zero-order chi connectivity index (χ0) is 30.2. The summed E-state index contributed by atoms with van der Waals surface area (Å²) in [5, 5.41) is 19.2. The van der Waals surface area contributed by atoms with Crippen molar-refractivity contribution in [1.29, 1.82) is 0 Å². The summed E-state index contributed by atoms with van der Waals surface area (Å²) in [6.45, 7) is 6.41. The fourth-order valence-electron chi connectivity index (χ4n) is 6.70. The van der Waals surface area contributed by atoms with Crippen LogP contribution in [0.15, 0.2) is 30.3 Å². The number of piperidine rings is 2. The molecule has 13 nitrogen and oxygen atoms in total. The van der Waals surface area contributed by atoms with Gasteiger partial charge in [0, 0.05) is 38.0 Å². The molecule has 1 aromatic carbocycles. The van der Waals surface area contributed by atoms with Crippen LogP contribution in [0.4, 0.5) is 5.82 Å². The first-order valence-corrected chi connectivity index (χ1v) is 14.7. The van der Waals surface area contributed by atoms with E-state index < -0.39 is 35.6 Å². The SMILES string of the molecule is C[C@H]1C[C@@H](CN2CC[C@@H](COc3ccc4c(c3)C(=O)N(C3CCC(=O)NC3=O)C4=O)C2)CCN1c1ccc(C(=O)O)nn1. The second kappa shape index (κ2) is 11.7. The lowest BCUT2D eigenvalue weighted by Gasteiger charge is -2.39. The van der Waals surface area contributed by atoms with Crippen molar-refractivity contribution >= 4 is 35.4 Å². The van der Waals surface area contributed by atoms with Gasteiger partial charge in [0.2, 0.25) is 11.8 Å².